The highest BCUT2D eigenvalue weighted by atomic mass is 32.2. The number of non-ortho nitro benzene ring substituents is 1. The summed E-state index contributed by atoms with van der Waals surface area (Å²) >= 11 is 5.24. The van der Waals surface area contributed by atoms with Gasteiger partial charge in [0.2, 0.25) is 5.95 Å². The molecule has 11 nitrogen and oxygen atoms in total. The number of nitro benzene ring substituents is 1. The number of hydrogen-bond acceptors (Lipinski definition) is 8. The first-order valence-electron chi connectivity index (χ1n) is 8.59. The Morgan fingerprint density at radius 2 is 1.77 bits per heavy atom. The summed E-state index contributed by atoms with van der Waals surface area (Å²) < 4.78 is 32.3. The number of nitrogens with one attached hydrogen (secondary N) is 3. The SMILES string of the molecule is COc1cc([N+](=O)[O-])ccc1NC(=S)Nc1ccc(S(=O)(=O)Nc2ncccn2)cc1. The van der Waals surface area contributed by atoms with Gasteiger partial charge in [0.05, 0.1) is 28.7 Å². The van der Waals surface area contributed by atoms with E-state index in [4.69, 9.17) is 17.0 Å². The van der Waals surface area contributed by atoms with Gasteiger partial charge in [-0.2, -0.15) is 0 Å². The molecule has 160 valence electrons. The number of sulfonamides is 1. The van der Waals surface area contributed by atoms with Crippen LogP contribution in [0, 0.1) is 10.1 Å². The molecule has 3 N–H and O–H groups in total. The Hall–Kier alpha value is -3.84. The van der Waals surface area contributed by atoms with Crippen LogP contribution in [-0.4, -0.2) is 35.5 Å². The maximum atomic E-state index is 12.4. The van der Waals surface area contributed by atoms with E-state index in [-0.39, 0.29) is 27.4 Å². The van der Waals surface area contributed by atoms with Gasteiger partial charge in [-0.25, -0.2) is 23.1 Å². The van der Waals surface area contributed by atoms with Crippen molar-refractivity contribution in [1.82, 2.24) is 9.97 Å². The van der Waals surface area contributed by atoms with Gasteiger partial charge in [0.15, 0.2) is 5.11 Å². The number of benzene rings is 2. The number of aromatic nitrogens is 2. The van der Waals surface area contributed by atoms with Gasteiger partial charge in [-0.3, -0.25) is 10.1 Å². The van der Waals surface area contributed by atoms with E-state index in [1.165, 1.54) is 62.0 Å². The lowest BCUT2D eigenvalue weighted by molar-refractivity contribution is -0.384. The second kappa shape index (κ2) is 9.32. The zero-order chi connectivity index (χ0) is 22.4. The lowest BCUT2D eigenvalue weighted by Gasteiger charge is -2.13. The molecule has 31 heavy (non-hydrogen) atoms. The molecule has 2 aromatic carbocycles. The second-order valence-electron chi connectivity index (χ2n) is 5.92. The molecule has 1 heterocycles. The number of thiocarbonyl (C=S) groups is 1. The minimum absolute atomic E-state index is 0.0152. The van der Waals surface area contributed by atoms with Gasteiger partial charge in [-0.15, -0.1) is 0 Å². The molecule has 0 aliphatic carbocycles. The summed E-state index contributed by atoms with van der Waals surface area (Å²) in [5.41, 5.74) is 0.831. The van der Waals surface area contributed by atoms with Gasteiger partial charge >= 0.3 is 0 Å². The summed E-state index contributed by atoms with van der Waals surface area (Å²) in [5, 5.41) is 16.8. The molecule has 0 atom stereocenters. The number of ether oxygens (including phenoxy) is 1. The first kappa shape index (κ1) is 21.9. The highest BCUT2D eigenvalue weighted by Crippen LogP contribution is 2.29. The van der Waals surface area contributed by atoms with Crippen molar-refractivity contribution >= 4 is 50.4 Å². The third-order valence-electron chi connectivity index (χ3n) is 3.86. The van der Waals surface area contributed by atoms with Gasteiger partial charge < -0.3 is 15.4 Å². The zero-order valence-electron chi connectivity index (χ0n) is 16.0. The lowest BCUT2D eigenvalue weighted by Crippen LogP contribution is -2.19. The van der Waals surface area contributed by atoms with E-state index in [0.717, 1.165) is 0 Å². The highest BCUT2D eigenvalue weighted by Gasteiger charge is 2.16. The molecule has 0 radical (unpaired) electrons. The minimum atomic E-state index is -3.85. The van der Waals surface area contributed by atoms with Gasteiger partial charge in [0.1, 0.15) is 5.75 Å². The van der Waals surface area contributed by atoms with Crippen LogP contribution in [-0.2, 0) is 10.0 Å². The Morgan fingerprint density at radius 1 is 1.10 bits per heavy atom. The molecule has 0 aliphatic rings. The van der Waals surface area contributed by atoms with Crippen molar-refractivity contribution in [2.24, 2.45) is 0 Å². The van der Waals surface area contributed by atoms with Gasteiger partial charge in [-0.05, 0) is 48.6 Å². The first-order chi connectivity index (χ1) is 14.8. The molecular weight excluding hydrogens is 444 g/mol. The molecular formula is C18H16N6O5S2. The smallest absolute Gasteiger partial charge is 0.273 e. The van der Waals surface area contributed by atoms with Crippen LogP contribution in [0.5, 0.6) is 5.75 Å². The quantitative estimate of drug-likeness (QED) is 0.273. The molecule has 0 amide bonds. The van der Waals surface area contributed by atoms with Crippen molar-refractivity contribution in [1.29, 1.82) is 0 Å². The number of nitro groups is 1. The third kappa shape index (κ3) is 5.61. The van der Waals surface area contributed by atoms with Crippen LogP contribution in [0.15, 0.2) is 65.8 Å². The van der Waals surface area contributed by atoms with Crippen LogP contribution in [0.2, 0.25) is 0 Å². The second-order valence-corrected chi connectivity index (χ2v) is 8.01. The molecule has 0 bridgehead atoms. The molecule has 0 fully saturated rings. The molecule has 0 unspecified atom stereocenters. The van der Waals surface area contributed by atoms with Gasteiger partial charge in [0, 0.05) is 24.1 Å². The van der Waals surface area contributed by atoms with E-state index in [9.17, 15) is 18.5 Å². The number of nitrogens with zero attached hydrogens (tertiary/aromatic N) is 3. The van der Waals surface area contributed by atoms with E-state index < -0.39 is 14.9 Å². The molecule has 1 aromatic heterocycles. The maximum absolute atomic E-state index is 12.4. The Balaban J connectivity index is 1.67. The monoisotopic (exact) mass is 460 g/mol. The van der Waals surface area contributed by atoms with Crippen LogP contribution >= 0.6 is 12.2 Å². The minimum Gasteiger partial charge on any atom is -0.494 e. The third-order valence-corrected chi connectivity index (χ3v) is 5.41. The lowest BCUT2D eigenvalue weighted by atomic mass is 10.2. The van der Waals surface area contributed by atoms with E-state index >= 15 is 0 Å². The van der Waals surface area contributed by atoms with Crippen molar-refractivity contribution in [2.75, 3.05) is 22.5 Å². The van der Waals surface area contributed by atoms with Crippen molar-refractivity contribution in [3.8, 4) is 5.75 Å². The van der Waals surface area contributed by atoms with Crippen LogP contribution in [0.3, 0.4) is 0 Å². The number of anilines is 3. The number of rotatable bonds is 7. The fourth-order valence-electron chi connectivity index (χ4n) is 2.43. The van der Waals surface area contributed by atoms with Crippen LogP contribution in [0.4, 0.5) is 23.0 Å². The molecule has 0 spiro atoms. The fraction of sp³-hybridized carbons (Fsp3) is 0.0556. The predicted octanol–water partition coefficient (Wildman–Crippen LogP) is 3.00. The fourth-order valence-corrected chi connectivity index (χ4v) is 3.62. The van der Waals surface area contributed by atoms with Gasteiger partial charge in [0.25, 0.3) is 15.7 Å². The summed E-state index contributed by atoms with van der Waals surface area (Å²) in [6.45, 7) is 0. The molecule has 3 aromatic rings. The Morgan fingerprint density at radius 3 is 2.39 bits per heavy atom. The topological polar surface area (TPSA) is 148 Å². The van der Waals surface area contributed by atoms with Crippen LogP contribution in [0.25, 0.3) is 0 Å². The predicted molar refractivity (Wildman–Crippen MR) is 119 cm³/mol. The molecule has 0 saturated heterocycles. The summed E-state index contributed by atoms with van der Waals surface area (Å²) in [7, 11) is -2.47. The Kier molecular flexibility index (Phi) is 6.57. The highest BCUT2D eigenvalue weighted by molar-refractivity contribution is 7.92. The average Bonchev–Trinajstić information content (AvgIpc) is 2.74. The summed E-state index contributed by atoms with van der Waals surface area (Å²) in [6, 6.07) is 11.5. The van der Waals surface area contributed by atoms with Crippen molar-refractivity contribution in [3.63, 3.8) is 0 Å². The molecule has 0 saturated carbocycles. The van der Waals surface area contributed by atoms with Crippen molar-refractivity contribution in [3.05, 3.63) is 71.0 Å². The van der Waals surface area contributed by atoms with Crippen LogP contribution < -0.4 is 20.1 Å². The summed E-state index contributed by atoms with van der Waals surface area (Å²) in [4.78, 5) is 18.0. The van der Waals surface area contributed by atoms with Gasteiger partial charge in [-0.1, -0.05) is 0 Å². The largest absolute Gasteiger partial charge is 0.494 e. The molecule has 13 heteroatoms. The van der Waals surface area contributed by atoms with E-state index in [0.29, 0.717) is 11.4 Å². The maximum Gasteiger partial charge on any atom is 0.273 e. The average molecular weight is 460 g/mol. The van der Waals surface area contributed by atoms with Crippen molar-refractivity contribution in [2.45, 2.75) is 4.90 Å². The molecule has 3 rings (SSSR count). The van der Waals surface area contributed by atoms with E-state index in [2.05, 4.69) is 25.3 Å². The standard InChI is InChI=1S/C18H16N6O5S2/c1-29-16-11-13(24(25)26)5-8-15(16)22-18(30)21-12-3-6-14(7-4-12)31(27,28)23-17-19-9-2-10-20-17/h2-11H,1H3,(H,19,20,23)(H2,21,22,30). The normalized spacial score (nSPS) is 10.7. The number of methoxy groups -OCH3 is 1. The Bertz CT molecular complexity index is 1200. The van der Waals surface area contributed by atoms with Crippen LogP contribution in [0.1, 0.15) is 0 Å². The summed E-state index contributed by atoms with van der Waals surface area (Å²) in [6.07, 6.45) is 2.84. The van der Waals surface area contributed by atoms with E-state index in [1.54, 1.807) is 6.07 Å². The molecule has 0 aliphatic heterocycles. The van der Waals surface area contributed by atoms with Crippen molar-refractivity contribution < 1.29 is 18.1 Å². The van der Waals surface area contributed by atoms with E-state index in [1.807, 2.05) is 0 Å². The zero-order valence-corrected chi connectivity index (χ0v) is 17.6. The first-order valence-corrected chi connectivity index (χ1v) is 10.5. The Labute approximate surface area is 182 Å². The number of hydrogen-bond donors (Lipinski definition) is 3. The summed E-state index contributed by atoms with van der Waals surface area (Å²) in [5.74, 6) is 0.209.